The number of nitrogens with one attached hydrogen (secondary N) is 2. The number of hydrogen-bond donors (Lipinski definition) is 2. The van der Waals surface area contributed by atoms with Crippen molar-refractivity contribution in [2.75, 3.05) is 24.4 Å². The summed E-state index contributed by atoms with van der Waals surface area (Å²) in [6.45, 7) is -0.112. The summed E-state index contributed by atoms with van der Waals surface area (Å²) in [6, 6.07) is 16.1. The molecule has 0 aliphatic heterocycles. The Morgan fingerprint density at radius 3 is 2.46 bits per heavy atom. The van der Waals surface area contributed by atoms with Gasteiger partial charge in [-0.25, -0.2) is 0 Å². The second-order valence-corrected chi connectivity index (χ2v) is 5.10. The Balaban J connectivity index is 1.96. The van der Waals surface area contributed by atoms with Crippen LogP contribution in [0.2, 0.25) is 0 Å². The molecular formula is C18H16N2O4. The molecule has 3 rings (SSSR count). The first-order chi connectivity index (χ1) is 11.7. The first kappa shape index (κ1) is 15.8. The van der Waals surface area contributed by atoms with Gasteiger partial charge in [0, 0.05) is 18.2 Å². The van der Waals surface area contributed by atoms with Gasteiger partial charge in [-0.15, -0.1) is 0 Å². The Morgan fingerprint density at radius 1 is 1.00 bits per heavy atom. The highest BCUT2D eigenvalue weighted by Gasteiger charge is 2.22. The SMILES string of the molecule is COCC(=O)Nc1c(C(=O)Nc2ccccc2)oc2ccccc12. The maximum atomic E-state index is 12.6. The summed E-state index contributed by atoms with van der Waals surface area (Å²) >= 11 is 0. The lowest BCUT2D eigenvalue weighted by Crippen LogP contribution is -2.20. The van der Waals surface area contributed by atoms with Gasteiger partial charge in [-0.3, -0.25) is 9.59 Å². The zero-order chi connectivity index (χ0) is 16.9. The minimum atomic E-state index is -0.440. The van der Waals surface area contributed by atoms with E-state index in [4.69, 9.17) is 9.15 Å². The molecule has 24 heavy (non-hydrogen) atoms. The zero-order valence-electron chi connectivity index (χ0n) is 13.0. The molecule has 0 fully saturated rings. The summed E-state index contributed by atoms with van der Waals surface area (Å²) < 4.78 is 10.5. The van der Waals surface area contributed by atoms with Crippen molar-refractivity contribution in [3.05, 3.63) is 60.4 Å². The van der Waals surface area contributed by atoms with Crippen LogP contribution in [-0.4, -0.2) is 25.5 Å². The lowest BCUT2D eigenvalue weighted by Gasteiger charge is -2.06. The number of anilines is 2. The van der Waals surface area contributed by atoms with Crippen molar-refractivity contribution < 1.29 is 18.7 Å². The summed E-state index contributed by atoms with van der Waals surface area (Å²) in [6.07, 6.45) is 0. The number of carbonyl (C=O) groups excluding carboxylic acids is 2. The van der Waals surface area contributed by atoms with Gasteiger partial charge in [0.25, 0.3) is 5.91 Å². The standard InChI is InChI=1S/C18H16N2O4/c1-23-11-15(21)20-16-13-9-5-6-10-14(13)24-17(16)18(22)19-12-7-3-2-4-8-12/h2-10H,11H2,1H3,(H,19,22)(H,20,21). The molecule has 0 aliphatic rings. The first-order valence-corrected chi connectivity index (χ1v) is 7.36. The average Bonchev–Trinajstić information content (AvgIpc) is 2.95. The molecule has 0 spiro atoms. The number of carbonyl (C=O) groups is 2. The average molecular weight is 324 g/mol. The lowest BCUT2D eigenvalue weighted by atomic mass is 10.2. The molecule has 0 bridgehead atoms. The highest BCUT2D eigenvalue weighted by molar-refractivity contribution is 6.14. The molecule has 1 aromatic heterocycles. The van der Waals surface area contributed by atoms with E-state index >= 15 is 0 Å². The summed E-state index contributed by atoms with van der Waals surface area (Å²) in [5, 5.41) is 6.09. The van der Waals surface area contributed by atoms with E-state index in [2.05, 4.69) is 10.6 Å². The topological polar surface area (TPSA) is 80.6 Å². The van der Waals surface area contributed by atoms with E-state index in [1.54, 1.807) is 30.3 Å². The number of ether oxygens (including phenoxy) is 1. The minimum Gasteiger partial charge on any atom is -0.449 e. The second kappa shape index (κ2) is 6.97. The fourth-order valence-corrected chi connectivity index (χ4v) is 2.35. The molecular weight excluding hydrogens is 308 g/mol. The quantitative estimate of drug-likeness (QED) is 0.755. The van der Waals surface area contributed by atoms with Crippen molar-refractivity contribution in [3.8, 4) is 0 Å². The van der Waals surface area contributed by atoms with Gasteiger partial charge in [0.05, 0.1) is 0 Å². The van der Waals surface area contributed by atoms with Gasteiger partial charge >= 0.3 is 0 Å². The Kier molecular flexibility index (Phi) is 4.58. The first-order valence-electron chi connectivity index (χ1n) is 7.36. The zero-order valence-corrected chi connectivity index (χ0v) is 13.0. The highest BCUT2D eigenvalue weighted by Crippen LogP contribution is 2.31. The highest BCUT2D eigenvalue weighted by atomic mass is 16.5. The van der Waals surface area contributed by atoms with Crippen LogP contribution >= 0.6 is 0 Å². The molecule has 1 heterocycles. The monoisotopic (exact) mass is 324 g/mol. The molecule has 2 amide bonds. The van der Waals surface area contributed by atoms with Gasteiger partial charge in [0.2, 0.25) is 11.7 Å². The van der Waals surface area contributed by atoms with Crippen molar-refractivity contribution in [3.63, 3.8) is 0 Å². The van der Waals surface area contributed by atoms with Crippen molar-refractivity contribution in [2.45, 2.75) is 0 Å². The van der Waals surface area contributed by atoms with Crippen LogP contribution in [0.5, 0.6) is 0 Å². The van der Waals surface area contributed by atoms with Crippen LogP contribution in [0.25, 0.3) is 11.0 Å². The van der Waals surface area contributed by atoms with E-state index in [0.29, 0.717) is 22.3 Å². The molecule has 0 saturated carbocycles. The van der Waals surface area contributed by atoms with Crippen LogP contribution in [0.1, 0.15) is 10.6 Å². The Labute approximate surface area is 138 Å². The van der Waals surface area contributed by atoms with E-state index in [-0.39, 0.29) is 18.3 Å². The summed E-state index contributed by atoms with van der Waals surface area (Å²) in [5.41, 5.74) is 1.49. The van der Waals surface area contributed by atoms with Crippen molar-refractivity contribution in [1.29, 1.82) is 0 Å². The van der Waals surface area contributed by atoms with E-state index in [0.717, 1.165) is 0 Å². The summed E-state index contributed by atoms with van der Waals surface area (Å²) in [4.78, 5) is 24.4. The van der Waals surface area contributed by atoms with Crippen molar-refractivity contribution in [2.24, 2.45) is 0 Å². The van der Waals surface area contributed by atoms with Gasteiger partial charge in [0.1, 0.15) is 17.9 Å². The van der Waals surface area contributed by atoms with Gasteiger partial charge in [-0.05, 0) is 24.3 Å². The van der Waals surface area contributed by atoms with Crippen LogP contribution in [-0.2, 0) is 9.53 Å². The van der Waals surface area contributed by atoms with Gasteiger partial charge in [-0.1, -0.05) is 30.3 Å². The number of fused-ring (bicyclic) bond motifs is 1. The smallest absolute Gasteiger partial charge is 0.293 e. The number of rotatable bonds is 5. The third-order valence-corrected chi connectivity index (χ3v) is 3.37. The minimum absolute atomic E-state index is 0.0458. The Hall–Kier alpha value is -3.12. The molecule has 0 aliphatic carbocycles. The van der Waals surface area contributed by atoms with E-state index in [9.17, 15) is 9.59 Å². The second-order valence-electron chi connectivity index (χ2n) is 5.10. The van der Waals surface area contributed by atoms with Crippen molar-refractivity contribution in [1.82, 2.24) is 0 Å². The summed E-state index contributed by atoms with van der Waals surface area (Å²) in [7, 11) is 1.43. The normalized spacial score (nSPS) is 10.5. The maximum absolute atomic E-state index is 12.6. The van der Waals surface area contributed by atoms with Crippen LogP contribution in [0.4, 0.5) is 11.4 Å². The van der Waals surface area contributed by atoms with E-state index < -0.39 is 5.91 Å². The predicted molar refractivity (Wildman–Crippen MR) is 91.1 cm³/mol. The van der Waals surface area contributed by atoms with Gasteiger partial charge in [0.15, 0.2) is 0 Å². The predicted octanol–water partition coefficient (Wildman–Crippen LogP) is 3.27. The van der Waals surface area contributed by atoms with Crippen molar-refractivity contribution >= 4 is 34.2 Å². The number of hydrogen-bond acceptors (Lipinski definition) is 4. The molecule has 3 aromatic rings. The molecule has 0 atom stereocenters. The summed E-state index contributed by atoms with van der Waals surface area (Å²) in [5.74, 6) is -0.757. The number of benzene rings is 2. The molecule has 6 heteroatoms. The van der Waals surface area contributed by atoms with Crippen LogP contribution in [0.3, 0.4) is 0 Å². The number of methoxy groups -OCH3 is 1. The molecule has 6 nitrogen and oxygen atoms in total. The number of para-hydroxylation sites is 2. The third-order valence-electron chi connectivity index (χ3n) is 3.37. The van der Waals surface area contributed by atoms with Gasteiger partial charge in [-0.2, -0.15) is 0 Å². The van der Waals surface area contributed by atoms with E-state index in [1.165, 1.54) is 7.11 Å². The fraction of sp³-hybridized carbons (Fsp3) is 0.111. The molecule has 122 valence electrons. The third kappa shape index (κ3) is 3.28. The number of amides is 2. The molecule has 0 unspecified atom stereocenters. The number of furan rings is 1. The Morgan fingerprint density at radius 2 is 1.71 bits per heavy atom. The largest absolute Gasteiger partial charge is 0.449 e. The van der Waals surface area contributed by atoms with Gasteiger partial charge < -0.3 is 19.8 Å². The fourth-order valence-electron chi connectivity index (χ4n) is 2.35. The Bertz CT molecular complexity index is 871. The van der Waals surface area contributed by atoms with E-state index in [1.807, 2.05) is 24.3 Å². The molecule has 2 N–H and O–H groups in total. The molecule has 2 aromatic carbocycles. The molecule has 0 radical (unpaired) electrons. The van der Waals surface area contributed by atoms with Crippen LogP contribution in [0.15, 0.2) is 59.0 Å². The lowest BCUT2D eigenvalue weighted by molar-refractivity contribution is -0.119. The maximum Gasteiger partial charge on any atom is 0.293 e. The molecule has 0 saturated heterocycles. The van der Waals surface area contributed by atoms with Crippen LogP contribution < -0.4 is 10.6 Å². The van der Waals surface area contributed by atoms with Crippen LogP contribution in [0, 0.1) is 0 Å².